The molecule has 3 rings (SSSR count). The zero-order valence-corrected chi connectivity index (χ0v) is 16.5. The van der Waals surface area contributed by atoms with Crippen molar-refractivity contribution in [2.75, 3.05) is 19.7 Å². The molecule has 0 bridgehead atoms. The number of carbonyl (C=O) groups is 2. The van der Waals surface area contributed by atoms with Gasteiger partial charge in [-0.05, 0) is 49.9 Å². The van der Waals surface area contributed by atoms with Gasteiger partial charge in [0.2, 0.25) is 0 Å². The SMILES string of the molecule is Cc1ccc(Sc2ncccc2C(=O)OCC(=O)N2CCC(C)CC2)cc1. The fraction of sp³-hybridized carbons (Fsp3) is 0.381. The summed E-state index contributed by atoms with van der Waals surface area (Å²) < 4.78 is 5.28. The number of pyridine rings is 1. The van der Waals surface area contributed by atoms with Crippen molar-refractivity contribution < 1.29 is 14.3 Å². The van der Waals surface area contributed by atoms with Gasteiger partial charge in [-0.3, -0.25) is 4.79 Å². The molecule has 5 nitrogen and oxygen atoms in total. The highest BCUT2D eigenvalue weighted by Crippen LogP contribution is 2.29. The molecule has 1 aromatic carbocycles. The summed E-state index contributed by atoms with van der Waals surface area (Å²) in [4.78, 5) is 31.9. The molecule has 0 atom stereocenters. The first-order chi connectivity index (χ1) is 13.0. The van der Waals surface area contributed by atoms with Crippen LogP contribution in [0.3, 0.4) is 0 Å². The molecular formula is C21H24N2O3S. The molecule has 1 aliphatic heterocycles. The topological polar surface area (TPSA) is 59.5 Å². The number of likely N-dealkylation sites (tertiary alicyclic amines) is 1. The molecular weight excluding hydrogens is 360 g/mol. The van der Waals surface area contributed by atoms with Crippen molar-refractivity contribution in [1.82, 2.24) is 9.88 Å². The Hall–Kier alpha value is -2.34. The Morgan fingerprint density at radius 1 is 1.19 bits per heavy atom. The van der Waals surface area contributed by atoms with E-state index >= 15 is 0 Å². The van der Waals surface area contributed by atoms with E-state index in [2.05, 4.69) is 11.9 Å². The summed E-state index contributed by atoms with van der Waals surface area (Å²) in [6, 6.07) is 11.4. The zero-order valence-electron chi connectivity index (χ0n) is 15.7. The van der Waals surface area contributed by atoms with Gasteiger partial charge in [-0.25, -0.2) is 9.78 Å². The minimum Gasteiger partial charge on any atom is -0.452 e. The number of benzene rings is 1. The second-order valence-corrected chi connectivity index (χ2v) is 7.97. The number of esters is 1. The highest BCUT2D eigenvalue weighted by molar-refractivity contribution is 7.99. The van der Waals surface area contributed by atoms with Gasteiger partial charge in [-0.1, -0.05) is 36.4 Å². The summed E-state index contributed by atoms with van der Waals surface area (Å²) >= 11 is 1.41. The summed E-state index contributed by atoms with van der Waals surface area (Å²) in [7, 11) is 0. The van der Waals surface area contributed by atoms with Crippen molar-refractivity contribution in [3.05, 3.63) is 53.7 Å². The van der Waals surface area contributed by atoms with Crippen LogP contribution in [0.4, 0.5) is 0 Å². The third kappa shape index (κ3) is 5.32. The van der Waals surface area contributed by atoms with Crippen LogP contribution >= 0.6 is 11.8 Å². The lowest BCUT2D eigenvalue weighted by atomic mass is 9.99. The van der Waals surface area contributed by atoms with Crippen LogP contribution in [-0.4, -0.2) is 41.5 Å². The molecule has 0 saturated carbocycles. The maximum atomic E-state index is 12.5. The molecule has 1 amide bonds. The third-order valence-corrected chi connectivity index (χ3v) is 5.72. The number of nitrogens with zero attached hydrogens (tertiary/aromatic N) is 2. The average molecular weight is 385 g/mol. The van der Waals surface area contributed by atoms with Crippen LogP contribution in [0.1, 0.15) is 35.7 Å². The number of carbonyl (C=O) groups excluding carboxylic acids is 2. The molecule has 0 N–H and O–H groups in total. The van der Waals surface area contributed by atoms with Crippen LogP contribution in [0.15, 0.2) is 52.5 Å². The van der Waals surface area contributed by atoms with Gasteiger partial charge in [0.25, 0.3) is 5.91 Å². The Labute approximate surface area is 164 Å². The molecule has 1 saturated heterocycles. The minimum absolute atomic E-state index is 0.133. The molecule has 0 unspecified atom stereocenters. The molecule has 27 heavy (non-hydrogen) atoms. The number of piperidine rings is 1. The molecule has 2 heterocycles. The standard InChI is InChI=1S/C21H24N2O3S/c1-15-5-7-17(8-6-15)27-20-18(4-3-11-22-20)21(25)26-14-19(24)23-12-9-16(2)10-13-23/h3-8,11,16H,9-10,12-14H2,1-2H3. The van der Waals surface area contributed by atoms with Gasteiger partial charge in [0, 0.05) is 24.2 Å². The predicted octanol–water partition coefficient (Wildman–Crippen LogP) is 3.96. The molecule has 0 radical (unpaired) electrons. The Bertz CT molecular complexity index is 799. The maximum Gasteiger partial charge on any atom is 0.341 e. The molecule has 142 valence electrons. The van der Waals surface area contributed by atoms with E-state index in [1.165, 1.54) is 17.3 Å². The van der Waals surface area contributed by atoms with E-state index in [1.807, 2.05) is 31.2 Å². The predicted molar refractivity (Wildman–Crippen MR) is 105 cm³/mol. The minimum atomic E-state index is -0.517. The number of amides is 1. The Morgan fingerprint density at radius 3 is 2.59 bits per heavy atom. The van der Waals surface area contributed by atoms with Crippen molar-refractivity contribution in [2.24, 2.45) is 5.92 Å². The van der Waals surface area contributed by atoms with Crippen LogP contribution < -0.4 is 0 Å². The van der Waals surface area contributed by atoms with Crippen molar-refractivity contribution in [1.29, 1.82) is 0 Å². The van der Waals surface area contributed by atoms with Crippen molar-refractivity contribution in [3.63, 3.8) is 0 Å². The smallest absolute Gasteiger partial charge is 0.341 e. The second-order valence-electron chi connectivity index (χ2n) is 6.91. The number of aromatic nitrogens is 1. The number of hydrogen-bond acceptors (Lipinski definition) is 5. The largest absolute Gasteiger partial charge is 0.452 e. The Balaban J connectivity index is 1.61. The van der Waals surface area contributed by atoms with E-state index in [4.69, 9.17) is 4.74 Å². The van der Waals surface area contributed by atoms with E-state index < -0.39 is 5.97 Å². The van der Waals surface area contributed by atoms with E-state index in [0.29, 0.717) is 16.5 Å². The molecule has 1 aliphatic rings. The van der Waals surface area contributed by atoms with Crippen LogP contribution in [0.5, 0.6) is 0 Å². The van der Waals surface area contributed by atoms with E-state index in [-0.39, 0.29) is 12.5 Å². The summed E-state index contributed by atoms with van der Waals surface area (Å²) in [5, 5.41) is 0.575. The molecule has 6 heteroatoms. The molecule has 0 spiro atoms. The molecule has 0 aliphatic carbocycles. The van der Waals surface area contributed by atoms with Gasteiger partial charge < -0.3 is 9.64 Å². The average Bonchev–Trinajstić information content (AvgIpc) is 2.68. The van der Waals surface area contributed by atoms with Gasteiger partial charge in [-0.15, -0.1) is 0 Å². The van der Waals surface area contributed by atoms with Gasteiger partial charge >= 0.3 is 5.97 Å². The van der Waals surface area contributed by atoms with Crippen LogP contribution in [0, 0.1) is 12.8 Å². The van der Waals surface area contributed by atoms with Gasteiger partial charge in [0.1, 0.15) is 5.03 Å². The number of ether oxygens (including phenoxy) is 1. The van der Waals surface area contributed by atoms with Crippen LogP contribution in [0.2, 0.25) is 0 Å². The maximum absolute atomic E-state index is 12.5. The Morgan fingerprint density at radius 2 is 1.89 bits per heavy atom. The first kappa shape index (κ1) is 19.4. The van der Waals surface area contributed by atoms with Crippen molar-refractivity contribution in [3.8, 4) is 0 Å². The number of aryl methyl sites for hydroxylation is 1. The van der Waals surface area contributed by atoms with Gasteiger partial charge in [0.05, 0.1) is 5.56 Å². The lowest BCUT2D eigenvalue weighted by Gasteiger charge is -2.30. The monoisotopic (exact) mass is 384 g/mol. The lowest BCUT2D eigenvalue weighted by molar-refractivity contribution is -0.135. The second kappa shape index (κ2) is 9.04. The molecule has 2 aromatic rings. The fourth-order valence-electron chi connectivity index (χ4n) is 2.90. The first-order valence-corrected chi connectivity index (χ1v) is 9.99. The molecule has 1 fully saturated rings. The van der Waals surface area contributed by atoms with Crippen molar-refractivity contribution in [2.45, 2.75) is 36.6 Å². The van der Waals surface area contributed by atoms with E-state index in [1.54, 1.807) is 23.2 Å². The van der Waals surface area contributed by atoms with E-state index in [0.717, 1.165) is 30.8 Å². The van der Waals surface area contributed by atoms with Crippen molar-refractivity contribution >= 4 is 23.6 Å². The van der Waals surface area contributed by atoms with Gasteiger partial charge in [0.15, 0.2) is 6.61 Å². The number of rotatable bonds is 5. The fourth-order valence-corrected chi connectivity index (χ4v) is 3.77. The van der Waals surface area contributed by atoms with Crippen LogP contribution in [0.25, 0.3) is 0 Å². The highest BCUT2D eigenvalue weighted by atomic mass is 32.2. The molecule has 1 aromatic heterocycles. The first-order valence-electron chi connectivity index (χ1n) is 9.17. The van der Waals surface area contributed by atoms with Gasteiger partial charge in [-0.2, -0.15) is 0 Å². The zero-order chi connectivity index (χ0) is 19.2. The highest BCUT2D eigenvalue weighted by Gasteiger charge is 2.22. The normalized spacial score (nSPS) is 14.8. The third-order valence-electron chi connectivity index (χ3n) is 4.69. The van der Waals surface area contributed by atoms with Crippen LogP contribution in [-0.2, 0) is 9.53 Å². The summed E-state index contributed by atoms with van der Waals surface area (Å²) in [6.45, 7) is 5.46. The summed E-state index contributed by atoms with van der Waals surface area (Å²) in [6.07, 6.45) is 3.65. The Kier molecular flexibility index (Phi) is 6.50. The summed E-state index contributed by atoms with van der Waals surface area (Å²) in [5.74, 6) is -0.00309. The lowest BCUT2D eigenvalue weighted by Crippen LogP contribution is -2.40. The van der Waals surface area contributed by atoms with E-state index in [9.17, 15) is 9.59 Å². The quantitative estimate of drug-likeness (QED) is 0.731. The summed E-state index contributed by atoms with van der Waals surface area (Å²) in [5.41, 5.74) is 1.55. The number of hydrogen-bond donors (Lipinski definition) is 0.